The van der Waals surface area contributed by atoms with Crippen LogP contribution in [0.15, 0.2) is 42.5 Å². The van der Waals surface area contributed by atoms with Gasteiger partial charge in [-0.15, -0.1) is 0 Å². The molecule has 1 N–H and O–H groups in total. The quantitative estimate of drug-likeness (QED) is 0.758. The molecular formula is C22H29NO3. The minimum atomic E-state index is -0.155. The van der Waals surface area contributed by atoms with E-state index in [1.54, 1.807) is 0 Å². The Morgan fingerprint density at radius 2 is 1.69 bits per heavy atom. The lowest BCUT2D eigenvalue weighted by molar-refractivity contribution is -0.123. The summed E-state index contributed by atoms with van der Waals surface area (Å²) in [5.41, 5.74) is 3.52. The molecule has 0 aliphatic rings. The van der Waals surface area contributed by atoms with Crippen molar-refractivity contribution in [3.63, 3.8) is 0 Å². The Morgan fingerprint density at radius 3 is 2.35 bits per heavy atom. The number of hydrogen-bond donors (Lipinski definition) is 1. The second kappa shape index (κ2) is 8.75. The molecule has 0 saturated carbocycles. The van der Waals surface area contributed by atoms with Gasteiger partial charge in [-0.05, 0) is 54.2 Å². The van der Waals surface area contributed by atoms with E-state index in [0.29, 0.717) is 13.2 Å². The van der Waals surface area contributed by atoms with E-state index < -0.39 is 0 Å². The Balaban J connectivity index is 1.69. The Kier molecular flexibility index (Phi) is 6.67. The van der Waals surface area contributed by atoms with E-state index in [0.717, 1.165) is 22.6 Å². The van der Waals surface area contributed by atoms with E-state index in [1.807, 2.05) is 44.2 Å². The maximum Gasteiger partial charge on any atom is 0.258 e. The highest BCUT2D eigenvalue weighted by molar-refractivity contribution is 5.77. The molecule has 0 aromatic heterocycles. The molecule has 0 atom stereocenters. The molecule has 4 heteroatoms. The molecule has 0 unspecified atom stereocenters. The van der Waals surface area contributed by atoms with Crippen LogP contribution in [-0.2, 0) is 10.2 Å². The van der Waals surface area contributed by atoms with Crippen molar-refractivity contribution in [1.82, 2.24) is 5.32 Å². The van der Waals surface area contributed by atoms with Crippen molar-refractivity contribution in [3.8, 4) is 11.5 Å². The second-order valence-electron chi connectivity index (χ2n) is 7.53. The van der Waals surface area contributed by atoms with Crippen LogP contribution >= 0.6 is 0 Å². The van der Waals surface area contributed by atoms with Crippen LogP contribution in [-0.4, -0.2) is 25.7 Å². The van der Waals surface area contributed by atoms with Crippen molar-refractivity contribution in [1.29, 1.82) is 0 Å². The zero-order valence-corrected chi connectivity index (χ0v) is 16.4. The number of hydrogen-bond acceptors (Lipinski definition) is 3. The summed E-state index contributed by atoms with van der Waals surface area (Å²) in [6.45, 7) is 11.4. The maximum atomic E-state index is 11.9. The molecule has 0 saturated heterocycles. The Hall–Kier alpha value is -2.49. The van der Waals surface area contributed by atoms with Crippen molar-refractivity contribution < 1.29 is 14.3 Å². The summed E-state index contributed by atoms with van der Waals surface area (Å²) in [6.07, 6.45) is 0. The molecule has 2 aromatic carbocycles. The van der Waals surface area contributed by atoms with Crippen molar-refractivity contribution in [2.75, 3.05) is 19.8 Å². The minimum Gasteiger partial charge on any atom is -0.492 e. The van der Waals surface area contributed by atoms with Crippen molar-refractivity contribution >= 4 is 5.91 Å². The van der Waals surface area contributed by atoms with Gasteiger partial charge in [0, 0.05) is 0 Å². The number of ether oxygens (including phenoxy) is 2. The van der Waals surface area contributed by atoms with Crippen LogP contribution in [0.2, 0.25) is 0 Å². The van der Waals surface area contributed by atoms with Crippen LogP contribution in [0.4, 0.5) is 0 Å². The fourth-order valence-corrected chi connectivity index (χ4v) is 2.47. The lowest BCUT2D eigenvalue weighted by atomic mass is 9.87. The average Bonchev–Trinajstić information content (AvgIpc) is 2.59. The number of rotatable bonds is 7. The van der Waals surface area contributed by atoms with Crippen LogP contribution < -0.4 is 14.8 Å². The highest BCUT2D eigenvalue weighted by Gasteiger charge is 2.13. The topological polar surface area (TPSA) is 47.6 Å². The molecule has 1 amide bonds. The highest BCUT2D eigenvalue weighted by atomic mass is 16.5. The summed E-state index contributed by atoms with van der Waals surface area (Å²) < 4.78 is 11.3. The molecule has 26 heavy (non-hydrogen) atoms. The van der Waals surface area contributed by atoms with Crippen molar-refractivity contribution in [2.45, 2.75) is 40.0 Å². The van der Waals surface area contributed by atoms with Gasteiger partial charge in [0.05, 0.1) is 6.54 Å². The molecule has 140 valence electrons. The smallest absolute Gasteiger partial charge is 0.258 e. The monoisotopic (exact) mass is 355 g/mol. The molecule has 2 rings (SSSR count). The van der Waals surface area contributed by atoms with E-state index in [4.69, 9.17) is 9.47 Å². The summed E-state index contributed by atoms with van der Waals surface area (Å²) >= 11 is 0. The molecule has 0 bridgehead atoms. The average molecular weight is 355 g/mol. The Bertz CT molecular complexity index is 730. The Labute approximate surface area is 156 Å². The van der Waals surface area contributed by atoms with Gasteiger partial charge in [-0.1, -0.05) is 45.0 Å². The van der Waals surface area contributed by atoms with Crippen LogP contribution in [0, 0.1) is 13.8 Å². The van der Waals surface area contributed by atoms with Crippen molar-refractivity contribution in [2.24, 2.45) is 0 Å². The summed E-state index contributed by atoms with van der Waals surface area (Å²) in [7, 11) is 0. The molecular weight excluding hydrogens is 326 g/mol. The van der Waals surface area contributed by atoms with E-state index in [2.05, 4.69) is 38.2 Å². The second-order valence-corrected chi connectivity index (χ2v) is 7.53. The van der Waals surface area contributed by atoms with Crippen LogP contribution in [0.1, 0.15) is 37.5 Å². The fourth-order valence-electron chi connectivity index (χ4n) is 2.47. The molecule has 2 aromatic rings. The lowest BCUT2D eigenvalue weighted by Gasteiger charge is -2.19. The molecule has 0 aliphatic carbocycles. The summed E-state index contributed by atoms with van der Waals surface area (Å²) in [5, 5.41) is 2.80. The van der Waals surface area contributed by atoms with Gasteiger partial charge in [0.15, 0.2) is 6.61 Å². The third-order valence-electron chi connectivity index (χ3n) is 4.12. The first-order chi connectivity index (χ1) is 12.3. The zero-order valence-electron chi connectivity index (χ0n) is 16.4. The van der Waals surface area contributed by atoms with E-state index in [1.165, 1.54) is 5.56 Å². The molecule has 0 aliphatic heterocycles. The first-order valence-electron chi connectivity index (χ1n) is 8.96. The van der Waals surface area contributed by atoms with Gasteiger partial charge in [0.1, 0.15) is 18.1 Å². The van der Waals surface area contributed by atoms with Gasteiger partial charge < -0.3 is 14.8 Å². The highest BCUT2D eigenvalue weighted by Crippen LogP contribution is 2.24. The number of amides is 1. The van der Waals surface area contributed by atoms with E-state index in [9.17, 15) is 4.79 Å². The van der Waals surface area contributed by atoms with Crippen LogP contribution in [0.5, 0.6) is 11.5 Å². The van der Waals surface area contributed by atoms with Crippen LogP contribution in [0.25, 0.3) is 0 Å². The fraction of sp³-hybridized carbons (Fsp3) is 0.409. The summed E-state index contributed by atoms with van der Waals surface area (Å²) in [5.74, 6) is 1.40. The van der Waals surface area contributed by atoms with Gasteiger partial charge in [0.25, 0.3) is 5.91 Å². The summed E-state index contributed by atoms with van der Waals surface area (Å²) in [4.78, 5) is 11.9. The maximum absolute atomic E-state index is 11.9. The van der Waals surface area contributed by atoms with E-state index in [-0.39, 0.29) is 17.9 Å². The van der Waals surface area contributed by atoms with E-state index >= 15 is 0 Å². The SMILES string of the molecule is Cc1ccc(C)c(OCC(=O)NCCOc2ccc(C(C)(C)C)cc2)c1. The first kappa shape index (κ1) is 19.8. The largest absolute Gasteiger partial charge is 0.492 e. The standard InChI is InChI=1S/C22H29NO3/c1-16-6-7-17(2)20(14-16)26-15-21(24)23-12-13-25-19-10-8-18(9-11-19)22(3,4)5/h6-11,14H,12-13,15H2,1-5H3,(H,23,24). The molecule has 0 heterocycles. The Morgan fingerprint density at radius 1 is 1.00 bits per heavy atom. The third kappa shape index (κ3) is 6.10. The number of carbonyl (C=O) groups is 1. The lowest BCUT2D eigenvalue weighted by Crippen LogP contribution is -2.32. The van der Waals surface area contributed by atoms with Gasteiger partial charge in [-0.25, -0.2) is 0 Å². The van der Waals surface area contributed by atoms with Gasteiger partial charge >= 0.3 is 0 Å². The predicted molar refractivity (Wildman–Crippen MR) is 105 cm³/mol. The van der Waals surface area contributed by atoms with Gasteiger partial charge in [-0.3, -0.25) is 4.79 Å². The van der Waals surface area contributed by atoms with Gasteiger partial charge in [0.2, 0.25) is 0 Å². The summed E-state index contributed by atoms with van der Waals surface area (Å²) in [6, 6.07) is 14.0. The predicted octanol–water partition coefficient (Wildman–Crippen LogP) is 4.17. The third-order valence-corrected chi connectivity index (χ3v) is 4.12. The molecule has 0 fully saturated rings. The normalized spacial score (nSPS) is 11.1. The number of benzene rings is 2. The molecule has 0 spiro atoms. The number of aryl methyl sites for hydroxylation is 2. The van der Waals surface area contributed by atoms with Gasteiger partial charge in [-0.2, -0.15) is 0 Å². The first-order valence-corrected chi connectivity index (χ1v) is 8.96. The molecule has 0 radical (unpaired) electrons. The van der Waals surface area contributed by atoms with Crippen LogP contribution in [0.3, 0.4) is 0 Å². The minimum absolute atomic E-state index is 0.00454. The molecule has 4 nitrogen and oxygen atoms in total. The zero-order chi connectivity index (χ0) is 19.2. The number of carbonyl (C=O) groups excluding carboxylic acids is 1. The number of nitrogens with one attached hydrogen (secondary N) is 1. The van der Waals surface area contributed by atoms with Crippen molar-refractivity contribution in [3.05, 3.63) is 59.2 Å².